The number of amides is 1. The van der Waals surface area contributed by atoms with E-state index in [0.717, 1.165) is 11.1 Å². The van der Waals surface area contributed by atoms with Crippen LogP contribution in [0.4, 0.5) is 0 Å². The van der Waals surface area contributed by atoms with Gasteiger partial charge in [-0.05, 0) is 28.3 Å². The summed E-state index contributed by atoms with van der Waals surface area (Å²) in [6.45, 7) is 0.538. The Bertz CT molecular complexity index is 673. The van der Waals surface area contributed by atoms with Gasteiger partial charge in [-0.3, -0.25) is 4.79 Å². The molecule has 3 rings (SSSR count). The second kappa shape index (κ2) is 5.66. The van der Waals surface area contributed by atoms with Crippen molar-refractivity contribution in [1.29, 1.82) is 0 Å². The number of aromatic nitrogens is 5. The van der Waals surface area contributed by atoms with Crippen molar-refractivity contribution in [2.75, 3.05) is 0 Å². The highest BCUT2D eigenvalue weighted by atomic mass is 32.1. The van der Waals surface area contributed by atoms with E-state index >= 15 is 0 Å². The number of rotatable bonds is 5. The lowest BCUT2D eigenvalue weighted by atomic mass is 10.3. The molecule has 0 bridgehead atoms. The molecule has 2 N–H and O–H groups in total. The Hall–Kier alpha value is -2.48. The topological polar surface area (TPSA) is 88.5 Å². The van der Waals surface area contributed by atoms with Crippen molar-refractivity contribution in [3.63, 3.8) is 0 Å². The first-order chi connectivity index (χ1) is 9.81. The second-order valence-corrected chi connectivity index (χ2v) is 4.93. The SMILES string of the molecule is O=C(Cn1nnc(-c2ccsc2)n1)NCc1cc[nH]c1. The molecule has 20 heavy (non-hydrogen) atoms. The fraction of sp³-hybridized carbons (Fsp3) is 0.167. The molecule has 0 aromatic carbocycles. The summed E-state index contributed by atoms with van der Waals surface area (Å²) in [5.74, 6) is 0.380. The Balaban J connectivity index is 1.56. The van der Waals surface area contributed by atoms with Crippen molar-refractivity contribution >= 4 is 17.2 Å². The molecule has 0 aliphatic rings. The fourth-order valence-electron chi connectivity index (χ4n) is 1.67. The van der Waals surface area contributed by atoms with E-state index in [9.17, 15) is 4.79 Å². The molecule has 0 saturated carbocycles. The lowest BCUT2D eigenvalue weighted by Crippen LogP contribution is -2.27. The first-order valence-electron chi connectivity index (χ1n) is 6.00. The van der Waals surface area contributed by atoms with Gasteiger partial charge in [-0.1, -0.05) is 0 Å². The Morgan fingerprint density at radius 2 is 2.40 bits per heavy atom. The molecular formula is C12H12N6OS. The van der Waals surface area contributed by atoms with E-state index in [2.05, 4.69) is 25.7 Å². The maximum Gasteiger partial charge on any atom is 0.243 e. The number of H-pyrrole nitrogens is 1. The van der Waals surface area contributed by atoms with Gasteiger partial charge in [0.05, 0.1) is 0 Å². The first kappa shape index (κ1) is 12.5. The minimum absolute atomic E-state index is 0.0571. The van der Waals surface area contributed by atoms with Crippen molar-refractivity contribution in [3.05, 3.63) is 40.8 Å². The molecular weight excluding hydrogens is 276 g/mol. The van der Waals surface area contributed by atoms with Gasteiger partial charge in [-0.2, -0.15) is 16.1 Å². The van der Waals surface area contributed by atoms with E-state index in [1.807, 2.05) is 35.3 Å². The summed E-state index contributed by atoms with van der Waals surface area (Å²) < 4.78 is 0. The Morgan fingerprint density at radius 1 is 1.45 bits per heavy atom. The van der Waals surface area contributed by atoms with Gasteiger partial charge < -0.3 is 10.3 Å². The fourth-order valence-corrected chi connectivity index (χ4v) is 2.31. The van der Waals surface area contributed by atoms with E-state index in [0.29, 0.717) is 12.4 Å². The molecule has 0 saturated heterocycles. The highest BCUT2D eigenvalue weighted by Crippen LogP contribution is 2.16. The number of aromatic amines is 1. The van der Waals surface area contributed by atoms with Crippen molar-refractivity contribution in [2.24, 2.45) is 0 Å². The molecule has 0 radical (unpaired) electrons. The van der Waals surface area contributed by atoms with Crippen LogP contribution in [0.25, 0.3) is 11.4 Å². The maximum absolute atomic E-state index is 11.8. The minimum Gasteiger partial charge on any atom is -0.367 e. The third-order valence-electron chi connectivity index (χ3n) is 2.67. The van der Waals surface area contributed by atoms with Crippen molar-refractivity contribution in [1.82, 2.24) is 30.5 Å². The molecule has 3 aromatic rings. The maximum atomic E-state index is 11.8. The van der Waals surface area contributed by atoms with Gasteiger partial charge in [0.15, 0.2) is 0 Å². The van der Waals surface area contributed by atoms with Crippen LogP contribution in [0.5, 0.6) is 0 Å². The summed E-state index contributed by atoms with van der Waals surface area (Å²) in [5.41, 5.74) is 1.93. The lowest BCUT2D eigenvalue weighted by Gasteiger charge is -2.02. The minimum atomic E-state index is -0.152. The average molecular weight is 288 g/mol. The lowest BCUT2D eigenvalue weighted by molar-refractivity contribution is -0.122. The summed E-state index contributed by atoms with van der Waals surface area (Å²) >= 11 is 1.56. The highest BCUT2D eigenvalue weighted by Gasteiger charge is 2.09. The molecule has 0 atom stereocenters. The van der Waals surface area contributed by atoms with Crippen LogP contribution in [0.15, 0.2) is 35.3 Å². The van der Waals surface area contributed by atoms with E-state index in [1.165, 1.54) is 4.80 Å². The molecule has 3 heterocycles. The largest absolute Gasteiger partial charge is 0.367 e. The van der Waals surface area contributed by atoms with Crippen LogP contribution >= 0.6 is 11.3 Å². The third kappa shape index (κ3) is 2.91. The number of hydrogen-bond acceptors (Lipinski definition) is 5. The van der Waals surface area contributed by atoms with Gasteiger partial charge in [0.1, 0.15) is 6.54 Å². The Morgan fingerprint density at radius 3 is 3.15 bits per heavy atom. The van der Waals surface area contributed by atoms with Crippen LogP contribution in [-0.2, 0) is 17.9 Å². The highest BCUT2D eigenvalue weighted by molar-refractivity contribution is 7.08. The predicted molar refractivity (Wildman–Crippen MR) is 73.8 cm³/mol. The number of carbonyl (C=O) groups is 1. The van der Waals surface area contributed by atoms with Gasteiger partial charge in [0.25, 0.3) is 0 Å². The van der Waals surface area contributed by atoms with Crippen LogP contribution in [0, 0.1) is 0 Å². The molecule has 0 fully saturated rings. The summed E-state index contributed by atoms with van der Waals surface area (Å²) in [7, 11) is 0. The summed E-state index contributed by atoms with van der Waals surface area (Å²) in [6, 6.07) is 3.82. The molecule has 102 valence electrons. The van der Waals surface area contributed by atoms with Gasteiger partial charge in [0, 0.05) is 29.9 Å². The van der Waals surface area contributed by atoms with Crippen molar-refractivity contribution in [2.45, 2.75) is 13.1 Å². The summed E-state index contributed by atoms with van der Waals surface area (Å²) in [4.78, 5) is 16.0. The number of carbonyl (C=O) groups excluding carboxylic acids is 1. The van der Waals surface area contributed by atoms with Crippen LogP contribution in [0.3, 0.4) is 0 Å². The molecule has 3 aromatic heterocycles. The molecule has 0 unspecified atom stereocenters. The average Bonchev–Trinajstić information content (AvgIpc) is 3.18. The number of hydrogen-bond donors (Lipinski definition) is 2. The molecule has 8 heteroatoms. The van der Waals surface area contributed by atoms with Crippen LogP contribution in [0.2, 0.25) is 0 Å². The zero-order valence-electron chi connectivity index (χ0n) is 10.5. The molecule has 7 nitrogen and oxygen atoms in total. The van der Waals surface area contributed by atoms with Gasteiger partial charge in [-0.25, -0.2) is 0 Å². The van der Waals surface area contributed by atoms with Crippen LogP contribution in [-0.4, -0.2) is 31.1 Å². The van der Waals surface area contributed by atoms with Crippen LogP contribution < -0.4 is 5.32 Å². The quantitative estimate of drug-likeness (QED) is 0.734. The van der Waals surface area contributed by atoms with Crippen molar-refractivity contribution < 1.29 is 4.79 Å². The Labute approximate surface area is 118 Å². The number of nitrogens with one attached hydrogen (secondary N) is 2. The van der Waals surface area contributed by atoms with E-state index in [1.54, 1.807) is 11.3 Å². The van der Waals surface area contributed by atoms with E-state index in [4.69, 9.17) is 0 Å². The zero-order valence-corrected chi connectivity index (χ0v) is 11.3. The summed E-state index contributed by atoms with van der Waals surface area (Å²) in [6.07, 6.45) is 3.65. The number of nitrogens with zero attached hydrogens (tertiary/aromatic N) is 4. The smallest absolute Gasteiger partial charge is 0.243 e. The molecule has 0 aliphatic heterocycles. The first-order valence-corrected chi connectivity index (χ1v) is 6.94. The monoisotopic (exact) mass is 288 g/mol. The van der Waals surface area contributed by atoms with Gasteiger partial charge in [0.2, 0.25) is 11.7 Å². The Kier molecular flexibility index (Phi) is 3.55. The summed E-state index contributed by atoms with van der Waals surface area (Å²) in [5, 5.41) is 18.6. The molecule has 1 amide bonds. The van der Waals surface area contributed by atoms with Gasteiger partial charge in [-0.15, -0.1) is 10.2 Å². The molecule has 0 aliphatic carbocycles. The molecule has 0 spiro atoms. The number of tetrazole rings is 1. The van der Waals surface area contributed by atoms with Crippen molar-refractivity contribution in [3.8, 4) is 11.4 Å². The van der Waals surface area contributed by atoms with Gasteiger partial charge >= 0.3 is 0 Å². The zero-order chi connectivity index (χ0) is 13.8. The van der Waals surface area contributed by atoms with E-state index < -0.39 is 0 Å². The third-order valence-corrected chi connectivity index (χ3v) is 3.35. The predicted octanol–water partition coefficient (Wildman–Crippen LogP) is 1.05. The van der Waals surface area contributed by atoms with Crippen LogP contribution in [0.1, 0.15) is 5.56 Å². The van der Waals surface area contributed by atoms with E-state index in [-0.39, 0.29) is 12.5 Å². The second-order valence-electron chi connectivity index (χ2n) is 4.15. The standard InChI is InChI=1S/C12H12N6OS/c19-11(14-6-9-1-3-13-5-9)7-18-16-12(15-17-18)10-2-4-20-8-10/h1-5,8,13H,6-7H2,(H,14,19). The number of thiophene rings is 1. The normalized spacial score (nSPS) is 10.6.